The predicted molar refractivity (Wildman–Crippen MR) is 48.9 cm³/mol. The molecule has 0 amide bonds. The van der Waals surface area contributed by atoms with Crippen LogP contribution in [-0.2, 0) is 0 Å². The van der Waals surface area contributed by atoms with Gasteiger partial charge in [-0.15, -0.1) is 23.2 Å². The molecule has 0 rings (SSSR count). The van der Waals surface area contributed by atoms with Crippen molar-refractivity contribution in [1.29, 1.82) is 0 Å². The fourth-order valence-corrected chi connectivity index (χ4v) is 1.13. The van der Waals surface area contributed by atoms with Crippen LogP contribution in [0.3, 0.4) is 0 Å². The summed E-state index contributed by atoms with van der Waals surface area (Å²) in [5.41, 5.74) is 0. The lowest BCUT2D eigenvalue weighted by Crippen LogP contribution is -2.04. The molecule has 0 saturated carbocycles. The first-order valence-corrected chi connectivity index (χ1v) is 4.69. The van der Waals surface area contributed by atoms with Crippen molar-refractivity contribution in [3.05, 3.63) is 0 Å². The van der Waals surface area contributed by atoms with Crippen molar-refractivity contribution < 1.29 is 0 Å². The lowest BCUT2D eigenvalue weighted by Gasteiger charge is -2.11. The van der Waals surface area contributed by atoms with Crippen LogP contribution in [0.2, 0.25) is 0 Å². The second-order valence-electron chi connectivity index (χ2n) is 2.88. The lowest BCUT2D eigenvalue weighted by molar-refractivity contribution is 0.608. The van der Waals surface area contributed by atoms with E-state index in [0.29, 0.717) is 0 Å². The third-order valence-corrected chi connectivity index (χ3v) is 1.85. The topological polar surface area (TPSA) is 0 Å². The molecule has 62 valence electrons. The summed E-state index contributed by atoms with van der Waals surface area (Å²) in [7, 11) is 0. The second kappa shape index (κ2) is 5.26. The summed E-state index contributed by atoms with van der Waals surface area (Å²) < 4.78 is -0.506. The Morgan fingerprint density at radius 2 is 1.70 bits per heavy atom. The van der Waals surface area contributed by atoms with Gasteiger partial charge < -0.3 is 0 Å². The molecule has 0 bridgehead atoms. The van der Waals surface area contributed by atoms with E-state index in [1.165, 1.54) is 19.3 Å². The summed E-state index contributed by atoms with van der Waals surface area (Å²) in [6.45, 7) is 4.04. The summed E-state index contributed by atoms with van der Waals surface area (Å²) in [5, 5.41) is 0. The molecule has 0 unspecified atom stereocenters. The summed E-state index contributed by atoms with van der Waals surface area (Å²) >= 11 is 11.6. The Morgan fingerprint density at radius 3 is 2.10 bits per heavy atom. The van der Waals surface area contributed by atoms with Crippen LogP contribution in [-0.4, -0.2) is 4.33 Å². The molecule has 0 aromatic heterocycles. The van der Waals surface area contributed by atoms with E-state index in [4.69, 9.17) is 23.2 Å². The minimum atomic E-state index is -0.506. The molecule has 0 nitrogen and oxygen atoms in total. The minimum Gasteiger partial charge on any atom is -0.102 e. The second-order valence-corrected chi connectivity index (χ2v) is 4.74. The molecule has 0 N–H and O–H groups in total. The molecule has 0 aliphatic carbocycles. The zero-order valence-electron chi connectivity index (χ0n) is 6.79. The summed E-state index contributed by atoms with van der Waals surface area (Å²) in [6.07, 6.45) is 5.88. The van der Waals surface area contributed by atoms with Crippen LogP contribution >= 0.6 is 23.2 Å². The van der Waals surface area contributed by atoms with E-state index in [1.54, 1.807) is 0 Å². The molecular formula is C8H16Cl2. The van der Waals surface area contributed by atoms with Crippen molar-refractivity contribution >= 4 is 23.2 Å². The molecule has 2 heteroatoms. The smallest absolute Gasteiger partial charge is 0.102 e. The highest BCUT2D eigenvalue weighted by Crippen LogP contribution is 2.26. The molecular weight excluding hydrogens is 167 g/mol. The average Bonchev–Trinajstić information content (AvgIpc) is 1.78. The molecule has 0 heterocycles. The van der Waals surface area contributed by atoms with Crippen molar-refractivity contribution in [2.45, 2.75) is 50.3 Å². The van der Waals surface area contributed by atoms with Gasteiger partial charge in [-0.1, -0.05) is 32.6 Å². The van der Waals surface area contributed by atoms with Gasteiger partial charge in [-0.25, -0.2) is 0 Å². The van der Waals surface area contributed by atoms with E-state index in [0.717, 1.165) is 12.8 Å². The third-order valence-electron chi connectivity index (χ3n) is 1.47. The van der Waals surface area contributed by atoms with E-state index < -0.39 is 4.33 Å². The molecule has 0 aromatic rings. The van der Waals surface area contributed by atoms with Gasteiger partial charge in [-0.2, -0.15) is 0 Å². The number of rotatable bonds is 5. The maximum absolute atomic E-state index is 5.78. The summed E-state index contributed by atoms with van der Waals surface area (Å²) in [6, 6.07) is 0. The van der Waals surface area contributed by atoms with Crippen molar-refractivity contribution in [3.63, 3.8) is 0 Å². The van der Waals surface area contributed by atoms with Gasteiger partial charge >= 0.3 is 0 Å². The first kappa shape index (κ1) is 10.6. The van der Waals surface area contributed by atoms with Crippen LogP contribution in [0.1, 0.15) is 46.0 Å². The monoisotopic (exact) mass is 182 g/mol. The zero-order valence-corrected chi connectivity index (χ0v) is 8.30. The van der Waals surface area contributed by atoms with Crippen molar-refractivity contribution in [2.24, 2.45) is 0 Å². The molecule has 0 saturated heterocycles. The van der Waals surface area contributed by atoms with Gasteiger partial charge in [0.1, 0.15) is 4.33 Å². The quantitative estimate of drug-likeness (QED) is 0.443. The third kappa shape index (κ3) is 8.58. The number of hydrogen-bond donors (Lipinski definition) is 0. The van der Waals surface area contributed by atoms with Gasteiger partial charge in [0, 0.05) is 0 Å². The number of unbranched alkanes of at least 4 members (excludes halogenated alkanes) is 3. The Kier molecular flexibility index (Phi) is 5.56. The molecule has 0 radical (unpaired) electrons. The van der Waals surface area contributed by atoms with Gasteiger partial charge in [-0.05, 0) is 13.3 Å². The highest BCUT2D eigenvalue weighted by molar-refractivity contribution is 6.48. The number of alkyl halides is 2. The number of hydrogen-bond acceptors (Lipinski definition) is 0. The normalized spacial score (nSPS) is 12.0. The van der Waals surface area contributed by atoms with Gasteiger partial charge in [0.2, 0.25) is 0 Å². The van der Waals surface area contributed by atoms with Crippen molar-refractivity contribution in [3.8, 4) is 0 Å². The maximum Gasteiger partial charge on any atom is 0.115 e. The Hall–Kier alpha value is 0.580. The highest BCUT2D eigenvalue weighted by atomic mass is 35.5. The van der Waals surface area contributed by atoms with Gasteiger partial charge in [-0.3, -0.25) is 0 Å². The number of halogens is 2. The predicted octanol–water partition coefficient (Wildman–Crippen LogP) is 4.15. The first-order valence-electron chi connectivity index (χ1n) is 3.94. The summed E-state index contributed by atoms with van der Waals surface area (Å²) in [5.74, 6) is 0. The average molecular weight is 183 g/mol. The van der Waals surface area contributed by atoms with Crippen LogP contribution in [0.15, 0.2) is 0 Å². The molecule has 0 atom stereocenters. The van der Waals surface area contributed by atoms with Crippen LogP contribution in [0.4, 0.5) is 0 Å². The Morgan fingerprint density at radius 1 is 1.10 bits per heavy atom. The zero-order chi connectivity index (χ0) is 8.04. The van der Waals surface area contributed by atoms with Crippen LogP contribution < -0.4 is 0 Å². The van der Waals surface area contributed by atoms with Crippen LogP contribution in [0, 0.1) is 0 Å². The fourth-order valence-electron chi connectivity index (χ4n) is 0.862. The molecule has 10 heavy (non-hydrogen) atoms. The maximum atomic E-state index is 5.78. The fraction of sp³-hybridized carbons (Fsp3) is 1.00. The van der Waals surface area contributed by atoms with E-state index in [-0.39, 0.29) is 0 Å². The Bertz CT molecular complexity index is 73.8. The van der Waals surface area contributed by atoms with Crippen molar-refractivity contribution in [2.75, 3.05) is 0 Å². The molecule has 0 spiro atoms. The standard InChI is InChI=1S/C8H16Cl2/c1-3-4-5-6-7-8(2,9)10/h3-7H2,1-2H3. The Balaban J connectivity index is 3.04. The van der Waals surface area contributed by atoms with E-state index in [2.05, 4.69) is 6.92 Å². The van der Waals surface area contributed by atoms with E-state index in [9.17, 15) is 0 Å². The van der Waals surface area contributed by atoms with E-state index in [1.807, 2.05) is 6.92 Å². The Labute approximate surface area is 73.9 Å². The van der Waals surface area contributed by atoms with Gasteiger partial charge in [0.25, 0.3) is 0 Å². The van der Waals surface area contributed by atoms with Gasteiger partial charge in [0.15, 0.2) is 0 Å². The highest BCUT2D eigenvalue weighted by Gasteiger charge is 2.14. The molecule has 0 aliphatic rings. The molecule has 0 aromatic carbocycles. The largest absolute Gasteiger partial charge is 0.115 e. The van der Waals surface area contributed by atoms with Crippen molar-refractivity contribution in [1.82, 2.24) is 0 Å². The summed E-state index contributed by atoms with van der Waals surface area (Å²) in [4.78, 5) is 0. The molecule has 0 fully saturated rings. The van der Waals surface area contributed by atoms with Gasteiger partial charge in [0.05, 0.1) is 0 Å². The molecule has 0 aliphatic heterocycles. The van der Waals surface area contributed by atoms with Crippen LogP contribution in [0.25, 0.3) is 0 Å². The lowest BCUT2D eigenvalue weighted by atomic mass is 10.1. The van der Waals surface area contributed by atoms with Crippen LogP contribution in [0.5, 0.6) is 0 Å². The minimum absolute atomic E-state index is 0.506. The SMILES string of the molecule is CCCCCCC(C)(Cl)Cl. The van der Waals surface area contributed by atoms with E-state index >= 15 is 0 Å². The first-order chi connectivity index (χ1) is 4.56.